The number of likely N-dealkylation sites (tertiary alicyclic amines) is 1. The lowest BCUT2D eigenvalue weighted by Gasteiger charge is -2.25. The highest BCUT2D eigenvalue weighted by atomic mass is 32.2. The van der Waals surface area contributed by atoms with Crippen molar-refractivity contribution in [1.82, 2.24) is 10.2 Å². The average Bonchev–Trinajstić information content (AvgIpc) is 3.19. The predicted molar refractivity (Wildman–Crippen MR) is 78.0 cm³/mol. The number of hydrogen-bond acceptors (Lipinski definition) is 3. The molecule has 2 rings (SSSR count). The Kier molecular flexibility index (Phi) is 4.96. The molecule has 0 spiro atoms. The number of carbonyl (C=O) groups excluding carboxylic acids is 1. The highest BCUT2D eigenvalue weighted by molar-refractivity contribution is 8.00. The Hall–Kier alpha value is -0.220. The van der Waals surface area contributed by atoms with Crippen molar-refractivity contribution in [3.05, 3.63) is 0 Å². The molecule has 1 aliphatic heterocycles. The van der Waals surface area contributed by atoms with E-state index in [1.165, 1.54) is 38.5 Å². The van der Waals surface area contributed by atoms with Crippen molar-refractivity contribution in [2.24, 2.45) is 0 Å². The van der Waals surface area contributed by atoms with E-state index in [2.05, 4.69) is 16.5 Å². The maximum absolute atomic E-state index is 12.3. The summed E-state index contributed by atoms with van der Waals surface area (Å²) in [6.45, 7) is 4.91. The first-order chi connectivity index (χ1) is 8.67. The van der Waals surface area contributed by atoms with E-state index >= 15 is 0 Å². The van der Waals surface area contributed by atoms with E-state index in [1.54, 1.807) is 0 Å². The van der Waals surface area contributed by atoms with Gasteiger partial charge in [0.15, 0.2) is 0 Å². The van der Waals surface area contributed by atoms with Gasteiger partial charge in [0.1, 0.15) is 0 Å². The maximum Gasteiger partial charge on any atom is 0.239 e. The van der Waals surface area contributed by atoms with Gasteiger partial charge in [0.25, 0.3) is 0 Å². The Bertz CT molecular complexity index is 284. The second-order valence-electron chi connectivity index (χ2n) is 5.73. The molecule has 1 atom stereocenters. The molecule has 3 nitrogen and oxygen atoms in total. The fourth-order valence-electron chi connectivity index (χ4n) is 2.58. The Morgan fingerprint density at radius 2 is 1.89 bits per heavy atom. The number of hydrogen-bond donors (Lipinski definition) is 1. The highest BCUT2D eigenvalue weighted by Crippen LogP contribution is 2.46. The van der Waals surface area contributed by atoms with Gasteiger partial charge in [-0.3, -0.25) is 4.79 Å². The first-order valence-electron chi connectivity index (χ1n) is 7.24. The van der Waals surface area contributed by atoms with Crippen molar-refractivity contribution in [3.63, 3.8) is 0 Å². The first-order valence-corrected chi connectivity index (χ1v) is 8.47. The molecule has 2 aliphatic rings. The molecule has 0 radical (unpaired) electrons. The molecule has 1 amide bonds. The summed E-state index contributed by atoms with van der Waals surface area (Å²) in [5, 5.41) is 3.44. The van der Waals surface area contributed by atoms with Crippen LogP contribution in [0.5, 0.6) is 0 Å². The quantitative estimate of drug-likeness (QED) is 0.832. The topological polar surface area (TPSA) is 32.3 Å². The molecule has 0 aromatic heterocycles. The van der Waals surface area contributed by atoms with Gasteiger partial charge in [-0.2, -0.15) is 11.8 Å². The van der Waals surface area contributed by atoms with Crippen molar-refractivity contribution in [3.8, 4) is 0 Å². The van der Waals surface area contributed by atoms with Gasteiger partial charge >= 0.3 is 0 Å². The molecular formula is C14H26N2OS. The third-order valence-corrected chi connectivity index (χ3v) is 5.68. The van der Waals surface area contributed by atoms with Crippen LogP contribution < -0.4 is 5.32 Å². The van der Waals surface area contributed by atoms with Gasteiger partial charge in [-0.25, -0.2) is 0 Å². The van der Waals surface area contributed by atoms with Gasteiger partial charge in [-0.05, 0) is 38.9 Å². The molecule has 104 valence electrons. The molecule has 0 aromatic rings. The van der Waals surface area contributed by atoms with E-state index in [0.717, 1.165) is 19.6 Å². The Balaban J connectivity index is 1.76. The minimum atomic E-state index is -0.0206. The predicted octanol–water partition coefficient (Wildman–Crippen LogP) is 2.26. The number of thioether (sulfide) groups is 1. The number of nitrogens with zero attached hydrogens (tertiary/aromatic N) is 1. The Morgan fingerprint density at radius 1 is 1.28 bits per heavy atom. The summed E-state index contributed by atoms with van der Waals surface area (Å²) in [4.78, 5) is 14.4. The molecule has 1 heterocycles. The largest absolute Gasteiger partial charge is 0.341 e. The van der Waals surface area contributed by atoms with Crippen LogP contribution >= 0.6 is 11.8 Å². The molecule has 1 N–H and O–H groups in total. The summed E-state index contributed by atoms with van der Waals surface area (Å²) in [7, 11) is 0. The van der Waals surface area contributed by atoms with Gasteiger partial charge < -0.3 is 10.2 Å². The standard InChI is InChI=1S/C14H26N2OS/c1-12(15-11-14(18-2)7-8-14)13(17)16-9-5-3-4-6-10-16/h12,15H,3-11H2,1-2H3. The third kappa shape index (κ3) is 3.64. The van der Waals surface area contributed by atoms with Crippen LogP contribution in [0.25, 0.3) is 0 Å². The van der Waals surface area contributed by atoms with Crippen molar-refractivity contribution in [2.75, 3.05) is 25.9 Å². The number of carbonyl (C=O) groups is 1. The molecule has 1 aliphatic carbocycles. The molecule has 1 saturated heterocycles. The zero-order valence-electron chi connectivity index (χ0n) is 11.7. The van der Waals surface area contributed by atoms with Gasteiger partial charge in [0, 0.05) is 24.4 Å². The van der Waals surface area contributed by atoms with Crippen LogP contribution in [0.15, 0.2) is 0 Å². The minimum absolute atomic E-state index is 0.0206. The molecule has 1 saturated carbocycles. The van der Waals surface area contributed by atoms with Crippen LogP contribution in [-0.4, -0.2) is 47.5 Å². The molecule has 1 unspecified atom stereocenters. The van der Waals surface area contributed by atoms with Crippen molar-refractivity contribution >= 4 is 17.7 Å². The summed E-state index contributed by atoms with van der Waals surface area (Å²) < 4.78 is 0.438. The van der Waals surface area contributed by atoms with Crippen molar-refractivity contribution < 1.29 is 4.79 Å². The lowest BCUT2D eigenvalue weighted by molar-refractivity contribution is -0.133. The normalized spacial score (nSPS) is 24.4. The van der Waals surface area contributed by atoms with Crippen molar-refractivity contribution in [1.29, 1.82) is 0 Å². The van der Waals surface area contributed by atoms with E-state index < -0.39 is 0 Å². The number of amides is 1. The first kappa shape index (κ1) is 14.2. The molecule has 18 heavy (non-hydrogen) atoms. The molecule has 0 bridgehead atoms. The van der Waals surface area contributed by atoms with Crippen LogP contribution in [0.3, 0.4) is 0 Å². The molecule has 0 aromatic carbocycles. The number of rotatable bonds is 5. The van der Waals surface area contributed by atoms with Crippen LogP contribution in [0.1, 0.15) is 45.4 Å². The van der Waals surface area contributed by atoms with Crippen molar-refractivity contribution in [2.45, 2.75) is 56.2 Å². The van der Waals surface area contributed by atoms with Gasteiger partial charge in [0.05, 0.1) is 6.04 Å². The molecule has 4 heteroatoms. The summed E-state index contributed by atoms with van der Waals surface area (Å²) in [6.07, 6.45) is 9.68. The summed E-state index contributed by atoms with van der Waals surface area (Å²) >= 11 is 1.94. The van der Waals surface area contributed by atoms with Crippen LogP contribution in [0, 0.1) is 0 Å². The highest BCUT2D eigenvalue weighted by Gasteiger charge is 2.42. The van der Waals surface area contributed by atoms with E-state index in [-0.39, 0.29) is 6.04 Å². The number of nitrogens with one attached hydrogen (secondary N) is 1. The van der Waals surface area contributed by atoms with E-state index in [4.69, 9.17) is 0 Å². The molecular weight excluding hydrogens is 244 g/mol. The van der Waals surface area contributed by atoms with Gasteiger partial charge in [-0.15, -0.1) is 0 Å². The zero-order chi connectivity index (χ0) is 13.0. The summed E-state index contributed by atoms with van der Waals surface area (Å²) in [5.74, 6) is 0.300. The van der Waals surface area contributed by atoms with E-state index in [1.807, 2.05) is 18.7 Å². The summed E-state index contributed by atoms with van der Waals surface area (Å²) in [5.41, 5.74) is 0. The monoisotopic (exact) mass is 270 g/mol. The summed E-state index contributed by atoms with van der Waals surface area (Å²) in [6, 6.07) is -0.0206. The van der Waals surface area contributed by atoms with Crippen LogP contribution in [-0.2, 0) is 4.79 Å². The smallest absolute Gasteiger partial charge is 0.239 e. The van der Waals surface area contributed by atoms with Crippen LogP contribution in [0.2, 0.25) is 0 Å². The Morgan fingerprint density at radius 3 is 2.39 bits per heavy atom. The van der Waals surface area contributed by atoms with Gasteiger partial charge in [-0.1, -0.05) is 12.8 Å². The van der Waals surface area contributed by atoms with E-state index in [0.29, 0.717) is 10.7 Å². The van der Waals surface area contributed by atoms with Crippen LogP contribution in [0.4, 0.5) is 0 Å². The zero-order valence-corrected chi connectivity index (χ0v) is 12.5. The van der Waals surface area contributed by atoms with E-state index in [9.17, 15) is 4.79 Å². The lowest BCUT2D eigenvalue weighted by Crippen LogP contribution is -2.47. The lowest BCUT2D eigenvalue weighted by atomic mass is 10.2. The SMILES string of the molecule is CSC1(CNC(C)C(=O)N2CCCCCC2)CC1. The third-order valence-electron chi connectivity index (χ3n) is 4.26. The van der Waals surface area contributed by atoms with Gasteiger partial charge in [0.2, 0.25) is 5.91 Å². The second-order valence-corrected chi connectivity index (χ2v) is 7.00. The minimum Gasteiger partial charge on any atom is -0.341 e. The maximum atomic E-state index is 12.3. The molecule has 2 fully saturated rings. The fraction of sp³-hybridized carbons (Fsp3) is 0.929. The fourth-order valence-corrected chi connectivity index (χ4v) is 3.32. The second kappa shape index (κ2) is 6.29. The Labute approximate surface area is 115 Å². The average molecular weight is 270 g/mol.